The van der Waals surface area contributed by atoms with Crippen molar-refractivity contribution in [1.82, 2.24) is 20.9 Å². The van der Waals surface area contributed by atoms with Crippen LogP contribution in [0, 0.1) is 17.8 Å². The highest BCUT2D eigenvalue weighted by Gasteiger charge is 2.30. The van der Waals surface area contributed by atoms with E-state index in [1.165, 1.54) is 0 Å². The van der Waals surface area contributed by atoms with Crippen LogP contribution < -0.4 is 16.0 Å². The van der Waals surface area contributed by atoms with Gasteiger partial charge in [0.05, 0.1) is 0 Å². The molecule has 0 unspecified atom stereocenters. The van der Waals surface area contributed by atoms with E-state index in [4.69, 9.17) is 0 Å². The molecule has 0 aliphatic carbocycles. The molecule has 3 rings (SSSR count). The number of hydrogen-bond acceptors (Lipinski definition) is 3. The Balaban J connectivity index is 1.74. The van der Waals surface area contributed by atoms with E-state index in [0.717, 1.165) is 42.4 Å². The van der Waals surface area contributed by atoms with Crippen LogP contribution in [0.5, 0.6) is 0 Å². The van der Waals surface area contributed by atoms with Crippen LogP contribution in [0.1, 0.15) is 83.4 Å². The lowest BCUT2D eigenvalue weighted by atomic mass is 9.99. The van der Waals surface area contributed by atoms with Gasteiger partial charge in [-0.05, 0) is 75.8 Å². The van der Waals surface area contributed by atoms with E-state index in [9.17, 15) is 14.4 Å². The van der Waals surface area contributed by atoms with Gasteiger partial charge in [0.1, 0.15) is 12.1 Å². The maximum Gasteiger partial charge on any atom is 0.318 e. The van der Waals surface area contributed by atoms with E-state index in [1.54, 1.807) is 4.90 Å². The molecule has 2 aromatic carbocycles. The number of carbonyl (C=O) groups excluding carboxylic acids is 3. The smallest absolute Gasteiger partial charge is 0.318 e. The lowest BCUT2D eigenvalue weighted by Crippen LogP contribution is -2.58. The van der Waals surface area contributed by atoms with E-state index >= 15 is 0 Å². The van der Waals surface area contributed by atoms with Crippen LogP contribution >= 0.6 is 0 Å². The van der Waals surface area contributed by atoms with Crippen LogP contribution in [0.2, 0.25) is 0 Å². The van der Waals surface area contributed by atoms with E-state index in [-0.39, 0.29) is 23.8 Å². The summed E-state index contributed by atoms with van der Waals surface area (Å²) in [6, 6.07) is 15.8. The van der Waals surface area contributed by atoms with Gasteiger partial charge in [0.15, 0.2) is 0 Å². The van der Waals surface area contributed by atoms with Gasteiger partial charge in [-0.3, -0.25) is 9.59 Å². The van der Waals surface area contributed by atoms with E-state index < -0.39 is 17.6 Å². The first-order chi connectivity index (χ1) is 19.5. The lowest BCUT2D eigenvalue weighted by molar-refractivity contribution is -0.130. The first-order valence-electron chi connectivity index (χ1n) is 14.8. The van der Waals surface area contributed by atoms with Crippen molar-refractivity contribution >= 4 is 17.8 Å². The van der Waals surface area contributed by atoms with E-state index in [1.807, 2.05) is 89.2 Å². The van der Waals surface area contributed by atoms with E-state index in [2.05, 4.69) is 27.8 Å². The number of nitrogens with zero attached hydrogens (tertiary/aromatic N) is 1. The summed E-state index contributed by atoms with van der Waals surface area (Å²) in [4.78, 5) is 41.8. The maximum absolute atomic E-state index is 13.6. The number of hydrogen-bond donors (Lipinski definition) is 3. The lowest BCUT2D eigenvalue weighted by Gasteiger charge is -2.29. The van der Waals surface area contributed by atoms with Gasteiger partial charge in [0.25, 0.3) is 0 Å². The number of likely N-dealkylation sites (tertiary alicyclic amines) is 1. The Hall–Kier alpha value is -3.79. The number of benzene rings is 2. The Labute approximate surface area is 245 Å². The minimum Gasteiger partial charge on any atom is -0.350 e. The second-order valence-electron chi connectivity index (χ2n) is 12.4. The molecule has 1 heterocycles. The highest BCUT2D eigenvalue weighted by molar-refractivity contribution is 5.92. The zero-order valence-corrected chi connectivity index (χ0v) is 25.3. The standard InChI is InChI=1S/C34H46N4O3/c1-25(2)23-29(36-33(41)38-21-11-6-7-12-22-38)31(39)35-30(32(40)37-34(3,4)5)24-28-19-17-27(18-20-28)16-15-26-13-9-8-10-14-26/h8-10,13-14,17-20,25,29-30H,6-7,11-12,21-24H2,1-5H3,(H,35,39)(H,36,41)(H,37,40)/t29-,30-/m0/s1. The topological polar surface area (TPSA) is 90.5 Å². The molecule has 2 atom stereocenters. The summed E-state index contributed by atoms with van der Waals surface area (Å²) in [5.41, 5.74) is 2.25. The number of urea groups is 1. The highest BCUT2D eigenvalue weighted by Crippen LogP contribution is 2.13. The fraction of sp³-hybridized carbons (Fsp3) is 0.500. The molecule has 3 N–H and O–H groups in total. The van der Waals surface area contributed by atoms with Crippen LogP contribution in [0.25, 0.3) is 0 Å². The van der Waals surface area contributed by atoms with Gasteiger partial charge in [-0.1, -0.05) is 68.9 Å². The van der Waals surface area contributed by atoms with Gasteiger partial charge < -0.3 is 20.9 Å². The van der Waals surface area contributed by atoms with Crippen molar-refractivity contribution in [2.45, 2.75) is 90.8 Å². The zero-order chi connectivity index (χ0) is 29.8. The second kappa shape index (κ2) is 15.3. The average molecular weight is 559 g/mol. The van der Waals surface area contributed by atoms with Crippen molar-refractivity contribution in [1.29, 1.82) is 0 Å². The summed E-state index contributed by atoms with van der Waals surface area (Å²) in [6.45, 7) is 11.2. The Bertz CT molecular complexity index is 1200. The SMILES string of the molecule is CC(C)C[C@H](NC(=O)N1CCCCCC1)C(=O)N[C@@H](Cc1ccc(C#Cc2ccccc2)cc1)C(=O)NC(C)(C)C. The minimum atomic E-state index is -0.798. The molecule has 0 saturated carbocycles. The Kier molecular flexibility index (Phi) is 11.8. The van der Waals surface area contributed by atoms with Crippen molar-refractivity contribution in [3.05, 3.63) is 71.3 Å². The molecule has 1 fully saturated rings. The molecule has 0 bridgehead atoms. The number of nitrogens with one attached hydrogen (secondary N) is 3. The van der Waals surface area contributed by atoms with Gasteiger partial charge in [0, 0.05) is 36.2 Å². The van der Waals surface area contributed by atoms with Gasteiger partial charge in [-0.15, -0.1) is 0 Å². The molecule has 7 heteroatoms. The molecule has 2 aromatic rings. The maximum atomic E-state index is 13.6. The predicted octanol–water partition coefficient (Wildman–Crippen LogP) is 5.03. The molecule has 0 radical (unpaired) electrons. The molecular formula is C34H46N4O3. The predicted molar refractivity (Wildman–Crippen MR) is 164 cm³/mol. The fourth-order valence-corrected chi connectivity index (χ4v) is 4.78. The van der Waals surface area contributed by atoms with Crippen molar-refractivity contribution in [3.63, 3.8) is 0 Å². The van der Waals surface area contributed by atoms with Crippen molar-refractivity contribution < 1.29 is 14.4 Å². The first-order valence-corrected chi connectivity index (χ1v) is 14.8. The molecule has 7 nitrogen and oxygen atoms in total. The summed E-state index contributed by atoms with van der Waals surface area (Å²) < 4.78 is 0. The monoisotopic (exact) mass is 558 g/mol. The van der Waals surface area contributed by atoms with Crippen LogP contribution in [0.4, 0.5) is 4.79 Å². The molecule has 0 spiro atoms. The fourth-order valence-electron chi connectivity index (χ4n) is 4.78. The second-order valence-corrected chi connectivity index (χ2v) is 12.4. The van der Waals surface area contributed by atoms with Crippen LogP contribution in [-0.4, -0.2) is 53.5 Å². The molecule has 1 aliphatic heterocycles. The molecule has 1 saturated heterocycles. The molecule has 41 heavy (non-hydrogen) atoms. The van der Waals surface area contributed by atoms with Gasteiger partial charge in [-0.25, -0.2) is 4.79 Å². The largest absolute Gasteiger partial charge is 0.350 e. The molecular weight excluding hydrogens is 512 g/mol. The Morgan fingerprint density at radius 2 is 1.37 bits per heavy atom. The van der Waals surface area contributed by atoms with Crippen molar-refractivity contribution in [2.75, 3.05) is 13.1 Å². The number of carbonyl (C=O) groups is 3. The summed E-state index contributed by atoms with van der Waals surface area (Å²) in [5.74, 6) is 5.89. The van der Waals surface area contributed by atoms with Gasteiger partial charge >= 0.3 is 6.03 Å². The summed E-state index contributed by atoms with van der Waals surface area (Å²) in [5, 5.41) is 8.93. The summed E-state index contributed by atoms with van der Waals surface area (Å²) >= 11 is 0. The molecule has 0 aromatic heterocycles. The molecule has 220 valence electrons. The number of rotatable bonds is 8. The van der Waals surface area contributed by atoms with Crippen LogP contribution in [0.3, 0.4) is 0 Å². The zero-order valence-electron chi connectivity index (χ0n) is 25.3. The third kappa shape index (κ3) is 11.3. The Morgan fingerprint density at radius 1 is 0.780 bits per heavy atom. The van der Waals surface area contributed by atoms with E-state index in [0.29, 0.717) is 25.9 Å². The Morgan fingerprint density at radius 3 is 1.93 bits per heavy atom. The highest BCUT2D eigenvalue weighted by atomic mass is 16.2. The van der Waals surface area contributed by atoms with Crippen LogP contribution in [-0.2, 0) is 16.0 Å². The summed E-state index contributed by atoms with van der Waals surface area (Å²) in [7, 11) is 0. The average Bonchev–Trinajstić information content (AvgIpc) is 3.21. The normalized spacial score (nSPS) is 15.1. The summed E-state index contributed by atoms with van der Waals surface area (Å²) in [6.07, 6.45) is 4.97. The van der Waals surface area contributed by atoms with Crippen molar-refractivity contribution in [2.24, 2.45) is 5.92 Å². The third-order valence-electron chi connectivity index (χ3n) is 6.86. The minimum absolute atomic E-state index is 0.182. The number of amides is 4. The van der Waals surface area contributed by atoms with Gasteiger partial charge in [-0.2, -0.15) is 0 Å². The quantitative estimate of drug-likeness (QED) is 0.397. The van der Waals surface area contributed by atoms with Gasteiger partial charge in [0.2, 0.25) is 11.8 Å². The molecule has 1 aliphatic rings. The third-order valence-corrected chi connectivity index (χ3v) is 6.86. The van der Waals surface area contributed by atoms with Crippen molar-refractivity contribution in [3.8, 4) is 11.8 Å². The van der Waals surface area contributed by atoms with Crippen LogP contribution in [0.15, 0.2) is 54.6 Å². The first kappa shape index (κ1) is 31.7. The molecule has 4 amide bonds.